The number of alkyl halides is 1. The molecule has 0 aromatic heterocycles. The van der Waals surface area contributed by atoms with E-state index in [2.05, 4.69) is 51.3 Å². The maximum atomic E-state index is 3.27. The molecule has 1 aromatic rings. The minimum atomic E-state index is 0. The Bertz CT molecular complexity index is 212. The zero-order valence-electron chi connectivity index (χ0n) is 6.99. The fourth-order valence-corrected chi connectivity index (χ4v) is 1.99. The van der Waals surface area contributed by atoms with Crippen molar-refractivity contribution in [2.75, 3.05) is 0 Å². The molecule has 0 saturated heterocycles. The van der Waals surface area contributed by atoms with Gasteiger partial charge in [-0.1, -0.05) is 51.6 Å². The molecule has 0 N–H and O–H groups in total. The smallest absolute Gasteiger partial charge is 0.486 e. The van der Waals surface area contributed by atoms with Gasteiger partial charge >= 0.3 is 17.1 Å². The van der Waals surface area contributed by atoms with Gasteiger partial charge in [0.25, 0.3) is 0 Å². The van der Waals surface area contributed by atoms with E-state index in [1.165, 1.54) is 16.4 Å². The topological polar surface area (TPSA) is 0 Å². The predicted octanol–water partition coefficient (Wildman–Crippen LogP) is 4.11. The summed E-state index contributed by atoms with van der Waals surface area (Å²) in [6, 6.07) is 10.0. The molecule has 1 aliphatic rings. The van der Waals surface area contributed by atoms with E-state index in [0.29, 0.717) is 0 Å². The summed E-state index contributed by atoms with van der Waals surface area (Å²) in [4.78, 5) is 0. The summed E-state index contributed by atoms with van der Waals surface area (Å²) in [5, 5.41) is 0. The molecule has 0 saturated carbocycles. The van der Waals surface area contributed by atoms with Crippen LogP contribution in [-0.2, 0) is 17.1 Å². The second-order valence-electron chi connectivity index (χ2n) is 2.49. The van der Waals surface area contributed by atoms with Crippen LogP contribution in [0.15, 0.2) is 33.9 Å². The largest absolute Gasteiger partial charge is 2.00 e. The van der Waals surface area contributed by atoms with E-state index in [-0.39, 0.29) is 17.1 Å². The van der Waals surface area contributed by atoms with E-state index in [0.717, 1.165) is 3.92 Å². The third-order valence-corrected chi connectivity index (χ3v) is 5.09. The SMILES string of the molecule is IC1=[C-]CCC1I.[Fe+2].c1cc[cH-]c1. The molecule has 2 rings (SSSR count). The minimum Gasteiger partial charge on any atom is -0.486 e. The Morgan fingerprint density at radius 2 is 2.00 bits per heavy atom. The van der Waals surface area contributed by atoms with Crippen LogP contribution in [0.4, 0.5) is 0 Å². The maximum Gasteiger partial charge on any atom is 2.00 e. The molecule has 13 heavy (non-hydrogen) atoms. The average molecular weight is 440 g/mol. The van der Waals surface area contributed by atoms with Crippen molar-refractivity contribution in [2.45, 2.75) is 16.8 Å². The number of rotatable bonds is 0. The summed E-state index contributed by atoms with van der Waals surface area (Å²) in [6.07, 6.45) is 5.74. The van der Waals surface area contributed by atoms with Crippen LogP contribution in [-0.4, -0.2) is 3.92 Å². The molecule has 0 fully saturated rings. The molecule has 3 heteroatoms. The molecule has 1 unspecified atom stereocenters. The summed E-state index contributed by atoms with van der Waals surface area (Å²) >= 11 is 4.81. The maximum absolute atomic E-state index is 3.27. The van der Waals surface area contributed by atoms with Gasteiger partial charge in [-0.3, -0.25) is 0 Å². The van der Waals surface area contributed by atoms with Crippen molar-refractivity contribution in [3.05, 3.63) is 40.0 Å². The normalized spacial score (nSPS) is 19.5. The summed E-state index contributed by atoms with van der Waals surface area (Å²) in [6.45, 7) is 0. The summed E-state index contributed by atoms with van der Waals surface area (Å²) in [7, 11) is 0. The van der Waals surface area contributed by atoms with Gasteiger partial charge in [0.15, 0.2) is 0 Å². The van der Waals surface area contributed by atoms with E-state index in [4.69, 9.17) is 0 Å². The Morgan fingerprint density at radius 3 is 2.15 bits per heavy atom. The molecule has 0 nitrogen and oxygen atoms in total. The molecule has 0 spiro atoms. The first-order chi connectivity index (χ1) is 5.80. The van der Waals surface area contributed by atoms with E-state index in [9.17, 15) is 0 Å². The van der Waals surface area contributed by atoms with Crippen molar-refractivity contribution < 1.29 is 17.1 Å². The Labute approximate surface area is 118 Å². The van der Waals surface area contributed by atoms with Gasteiger partial charge in [-0.15, -0.1) is 0 Å². The molecule has 0 radical (unpaired) electrons. The van der Waals surface area contributed by atoms with Crippen molar-refractivity contribution in [3.63, 3.8) is 0 Å². The summed E-state index contributed by atoms with van der Waals surface area (Å²) in [5.41, 5.74) is 0. The number of halogens is 2. The molecule has 1 aromatic carbocycles. The zero-order chi connectivity index (χ0) is 8.81. The predicted molar refractivity (Wildman–Crippen MR) is 69.9 cm³/mol. The van der Waals surface area contributed by atoms with Gasteiger partial charge in [-0.2, -0.15) is 28.2 Å². The van der Waals surface area contributed by atoms with Crippen LogP contribution in [0, 0.1) is 6.08 Å². The van der Waals surface area contributed by atoms with E-state index in [1.54, 1.807) is 0 Å². The molecular weight excluding hydrogens is 430 g/mol. The van der Waals surface area contributed by atoms with Crippen molar-refractivity contribution in [1.82, 2.24) is 0 Å². The van der Waals surface area contributed by atoms with Gasteiger partial charge in [0.05, 0.1) is 0 Å². The van der Waals surface area contributed by atoms with E-state index >= 15 is 0 Å². The molecule has 0 amide bonds. The van der Waals surface area contributed by atoms with Crippen LogP contribution < -0.4 is 0 Å². The standard InChI is InChI=1S/C5H5I2.C5H5.Fe/c6-4-2-1-3-5(4)7;1-2-4-5-3-1;/h4H,1-2H2;1-5H;/q2*-1;+2. The second kappa shape index (κ2) is 8.38. The fourth-order valence-electron chi connectivity index (χ4n) is 0.877. The third-order valence-electron chi connectivity index (χ3n) is 1.52. The van der Waals surface area contributed by atoms with Crippen molar-refractivity contribution in [1.29, 1.82) is 0 Å². The zero-order valence-corrected chi connectivity index (χ0v) is 12.4. The molecule has 0 aliphatic heterocycles. The average Bonchev–Trinajstić information content (AvgIpc) is 2.67. The Kier molecular flexibility index (Phi) is 9.07. The van der Waals surface area contributed by atoms with Crippen molar-refractivity contribution >= 4 is 45.2 Å². The second-order valence-corrected chi connectivity index (χ2v) is 5.16. The number of allylic oxidation sites excluding steroid dienone is 2. The van der Waals surface area contributed by atoms with E-state index < -0.39 is 0 Å². The van der Waals surface area contributed by atoms with E-state index in [1.807, 2.05) is 30.3 Å². The quantitative estimate of drug-likeness (QED) is 0.247. The van der Waals surface area contributed by atoms with Gasteiger partial charge < -0.3 is 6.08 Å². The van der Waals surface area contributed by atoms with Gasteiger partial charge in [0.2, 0.25) is 0 Å². The van der Waals surface area contributed by atoms with Crippen molar-refractivity contribution in [2.24, 2.45) is 0 Å². The molecule has 1 aliphatic carbocycles. The Balaban J connectivity index is 0.000000215. The van der Waals surface area contributed by atoms with Crippen LogP contribution in [0.5, 0.6) is 0 Å². The molecule has 1 atom stereocenters. The minimum absolute atomic E-state index is 0. The van der Waals surface area contributed by atoms with Crippen LogP contribution in [0.3, 0.4) is 0 Å². The number of hydrogen-bond acceptors (Lipinski definition) is 0. The molecular formula is C10H10FeI2. The first-order valence-electron chi connectivity index (χ1n) is 3.87. The molecule has 0 heterocycles. The number of hydrogen-bond donors (Lipinski definition) is 0. The first-order valence-corrected chi connectivity index (χ1v) is 6.20. The fraction of sp³-hybridized carbons (Fsp3) is 0.300. The summed E-state index contributed by atoms with van der Waals surface area (Å²) in [5.74, 6) is 0. The Hall–Kier alpha value is 1.07. The molecule has 72 valence electrons. The third kappa shape index (κ3) is 6.20. The molecule has 0 bridgehead atoms. The monoisotopic (exact) mass is 440 g/mol. The van der Waals surface area contributed by atoms with Crippen LogP contribution in [0.25, 0.3) is 0 Å². The van der Waals surface area contributed by atoms with Crippen LogP contribution in [0.1, 0.15) is 12.8 Å². The Morgan fingerprint density at radius 1 is 1.38 bits per heavy atom. The van der Waals surface area contributed by atoms with Crippen LogP contribution >= 0.6 is 45.2 Å². The van der Waals surface area contributed by atoms with Gasteiger partial charge in [0.1, 0.15) is 0 Å². The van der Waals surface area contributed by atoms with Gasteiger partial charge in [-0.05, 0) is 0 Å². The van der Waals surface area contributed by atoms with Gasteiger partial charge in [-0.25, -0.2) is 12.1 Å². The van der Waals surface area contributed by atoms with Gasteiger partial charge in [0, 0.05) is 3.92 Å². The van der Waals surface area contributed by atoms with Crippen LogP contribution in [0.2, 0.25) is 0 Å². The van der Waals surface area contributed by atoms with Crippen molar-refractivity contribution in [3.8, 4) is 0 Å². The first kappa shape index (κ1) is 14.1. The summed E-state index contributed by atoms with van der Waals surface area (Å²) < 4.78 is 2.19.